The maximum Gasteiger partial charge on any atom is 0.126 e. The first-order valence-corrected chi connectivity index (χ1v) is 4.62. The Morgan fingerprint density at radius 1 is 1.29 bits per heavy atom. The molecule has 0 bridgehead atoms. The second-order valence-corrected chi connectivity index (χ2v) is 2.96. The van der Waals surface area contributed by atoms with Gasteiger partial charge in [0.1, 0.15) is 5.78 Å². The smallest absolute Gasteiger partial charge is 0.126 e. The fraction of sp³-hybridized carbons (Fsp3) is 0.333. The number of aromatic nitrogens is 1. The van der Waals surface area contributed by atoms with E-state index in [1.54, 1.807) is 0 Å². The van der Waals surface area contributed by atoms with Gasteiger partial charge in [0.15, 0.2) is 0 Å². The number of carbonyl (C=O) groups excluding carboxylic acids is 1. The van der Waals surface area contributed by atoms with E-state index in [9.17, 15) is 4.79 Å². The van der Waals surface area contributed by atoms with Crippen LogP contribution in [0.1, 0.15) is 27.7 Å². The Morgan fingerprint density at radius 3 is 2.21 bits per heavy atom. The summed E-state index contributed by atoms with van der Waals surface area (Å²) in [6.45, 7) is 7.07. The fourth-order valence-corrected chi connectivity index (χ4v) is 0.915. The van der Waals surface area contributed by atoms with Gasteiger partial charge in [0.05, 0.1) is 5.35 Å². The van der Waals surface area contributed by atoms with E-state index in [1.807, 2.05) is 32.2 Å². The highest BCUT2D eigenvalue weighted by Gasteiger charge is 1.78. The molecule has 1 rings (SSSR count). The lowest BCUT2D eigenvalue weighted by Gasteiger charge is -1.84. The molecule has 2 nitrogen and oxygen atoms in total. The lowest BCUT2D eigenvalue weighted by molar-refractivity contribution is -0.114. The van der Waals surface area contributed by atoms with Crippen molar-refractivity contribution in [2.45, 2.75) is 27.7 Å². The molecule has 14 heavy (non-hydrogen) atoms. The third-order valence-corrected chi connectivity index (χ3v) is 1.46. The standard InChI is InChI=1S/C9H11N.C3H6O/c1-3-8-6-5-7-10-9(8)4-2;1-3(2)4/h3-7H,1-2H3;1-2H3/b8-3-,9-4+;. The molecule has 1 aromatic rings. The van der Waals surface area contributed by atoms with Crippen LogP contribution < -0.4 is 10.6 Å². The van der Waals surface area contributed by atoms with Crippen LogP contribution in [0.3, 0.4) is 0 Å². The summed E-state index contributed by atoms with van der Waals surface area (Å²) < 4.78 is 0. The van der Waals surface area contributed by atoms with E-state index >= 15 is 0 Å². The lowest BCUT2D eigenvalue weighted by Crippen LogP contribution is -2.26. The molecule has 0 aliphatic rings. The number of ketones is 1. The molecular formula is C12H17NO. The number of rotatable bonds is 0. The zero-order valence-electron chi connectivity index (χ0n) is 9.24. The van der Waals surface area contributed by atoms with Gasteiger partial charge in [0, 0.05) is 6.20 Å². The first kappa shape index (κ1) is 12.6. The predicted molar refractivity (Wildman–Crippen MR) is 60.1 cm³/mol. The molecule has 0 aromatic carbocycles. The van der Waals surface area contributed by atoms with Gasteiger partial charge in [-0.2, -0.15) is 0 Å². The van der Waals surface area contributed by atoms with Crippen LogP contribution in [0.25, 0.3) is 12.2 Å². The Balaban J connectivity index is 0.000000364. The number of Topliss-reactive ketones (excluding diaryl/α,β-unsaturated/α-hetero) is 1. The van der Waals surface area contributed by atoms with Gasteiger partial charge in [-0.15, -0.1) is 0 Å². The molecule has 0 aliphatic carbocycles. The average Bonchev–Trinajstić information content (AvgIpc) is 2.17. The van der Waals surface area contributed by atoms with Crippen molar-refractivity contribution in [3.05, 3.63) is 28.9 Å². The van der Waals surface area contributed by atoms with Crippen LogP contribution >= 0.6 is 0 Å². The summed E-state index contributed by atoms with van der Waals surface area (Å²) in [5, 5.41) is 2.26. The number of carbonyl (C=O) groups is 1. The molecule has 76 valence electrons. The van der Waals surface area contributed by atoms with Crippen molar-refractivity contribution < 1.29 is 4.79 Å². The van der Waals surface area contributed by atoms with E-state index in [2.05, 4.69) is 17.1 Å². The molecule has 2 heteroatoms. The lowest BCUT2D eigenvalue weighted by atomic mass is 10.3. The summed E-state index contributed by atoms with van der Waals surface area (Å²) in [4.78, 5) is 13.6. The summed E-state index contributed by atoms with van der Waals surface area (Å²) in [5.74, 6) is 0.167. The second-order valence-electron chi connectivity index (χ2n) is 2.96. The molecule has 0 fully saturated rings. The fourth-order valence-electron chi connectivity index (χ4n) is 0.915. The molecule has 0 atom stereocenters. The Labute approximate surface area is 85.0 Å². The summed E-state index contributed by atoms with van der Waals surface area (Å²) in [5.41, 5.74) is 0. The molecule has 0 saturated heterocycles. The van der Waals surface area contributed by atoms with E-state index in [0.29, 0.717) is 0 Å². The molecule has 0 spiro atoms. The van der Waals surface area contributed by atoms with Crippen molar-refractivity contribution in [2.24, 2.45) is 0 Å². The summed E-state index contributed by atoms with van der Waals surface area (Å²) in [6.07, 6.45) is 5.88. The van der Waals surface area contributed by atoms with Crippen molar-refractivity contribution in [1.82, 2.24) is 4.98 Å². The van der Waals surface area contributed by atoms with Gasteiger partial charge in [0.2, 0.25) is 0 Å². The van der Waals surface area contributed by atoms with Crippen molar-refractivity contribution in [3.8, 4) is 0 Å². The first-order valence-electron chi connectivity index (χ1n) is 4.62. The van der Waals surface area contributed by atoms with Crippen molar-refractivity contribution in [3.63, 3.8) is 0 Å². The summed E-state index contributed by atoms with van der Waals surface area (Å²) in [7, 11) is 0. The van der Waals surface area contributed by atoms with Crippen molar-refractivity contribution in [2.75, 3.05) is 0 Å². The van der Waals surface area contributed by atoms with Crippen LogP contribution in [-0.2, 0) is 4.79 Å². The maximum absolute atomic E-state index is 9.44. The van der Waals surface area contributed by atoms with Crippen LogP contribution in [-0.4, -0.2) is 10.8 Å². The molecule has 0 saturated carbocycles. The van der Waals surface area contributed by atoms with E-state index in [1.165, 1.54) is 19.1 Å². The molecule has 1 aromatic heterocycles. The first-order chi connectivity index (χ1) is 6.61. The van der Waals surface area contributed by atoms with E-state index in [-0.39, 0.29) is 5.78 Å². The third kappa shape index (κ3) is 5.25. The van der Waals surface area contributed by atoms with Gasteiger partial charge in [-0.05, 0) is 39.0 Å². The van der Waals surface area contributed by atoms with Crippen LogP contribution in [0.2, 0.25) is 0 Å². The number of hydrogen-bond donors (Lipinski definition) is 0. The maximum atomic E-state index is 9.44. The van der Waals surface area contributed by atoms with E-state index < -0.39 is 0 Å². The number of pyridine rings is 1. The largest absolute Gasteiger partial charge is 0.300 e. The van der Waals surface area contributed by atoms with Gasteiger partial charge in [-0.3, -0.25) is 4.98 Å². The van der Waals surface area contributed by atoms with Crippen LogP contribution in [0.15, 0.2) is 18.3 Å². The molecule has 1 heterocycles. The van der Waals surface area contributed by atoms with Crippen LogP contribution in [0.5, 0.6) is 0 Å². The van der Waals surface area contributed by atoms with Gasteiger partial charge >= 0.3 is 0 Å². The highest BCUT2D eigenvalue weighted by molar-refractivity contribution is 5.72. The van der Waals surface area contributed by atoms with E-state index in [4.69, 9.17) is 0 Å². The van der Waals surface area contributed by atoms with Crippen molar-refractivity contribution in [1.29, 1.82) is 0 Å². The Morgan fingerprint density at radius 2 is 1.86 bits per heavy atom. The summed E-state index contributed by atoms with van der Waals surface area (Å²) >= 11 is 0. The summed E-state index contributed by atoms with van der Waals surface area (Å²) in [6, 6.07) is 4.00. The van der Waals surface area contributed by atoms with Crippen LogP contribution in [0.4, 0.5) is 0 Å². The Hall–Kier alpha value is -1.44. The molecule has 0 N–H and O–H groups in total. The number of nitrogens with zero attached hydrogens (tertiary/aromatic N) is 1. The minimum absolute atomic E-state index is 0.167. The molecule has 0 radical (unpaired) electrons. The molecular weight excluding hydrogens is 174 g/mol. The SMILES string of the molecule is C/C=c1/cccn/c1=C/C.CC(C)=O. The van der Waals surface area contributed by atoms with Gasteiger partial charge in [-0.1, -0.05) is 18.2 Å². The highest BCUT2D eigenvalue weighted by atomic mass is 16.1. The normalized spacial score (nSPS) is 12.0. The molecule has 0 amide bonds. The highest BCUT2D eigenvalue weighted by Crippen LogP contribution is 1.66. The Bertz CT molecular complexity index is 356. The second kappa shape index (κ2) is 7.01. The minimum Gasteiger partial charge on any atom is -0.300 e. The average molecular weight is 191 g/mol. The van der Waals surface area contributed by atoms with Gasteiger partial charge < -0.3 is 4.79 Å². The van der Waals surface area contributed by atoms with Gasteiger partial charge in [0.25, 0.3) is 0 Å². The zero-order valence-corrected chi connectivity index (χ0v) is 9.24. The monoisotopic (exact) mass is 191 g/mol. The van der Waals surface area contributed by atoms with Crippen molar-refractivity contribution >= 4 is 17.9 Å². The van der Waals surface area contributed by atoms with Gasteiger partial charge in [-0.25, -0.2) is 0 Å². The third-order valence-electron chi connectivity index (χ3n) is 1.46. The Kier molecular flexibility index (Phi) is 6.29. The van der Waals surface area contributed by atoms with Crippen LogP contribution in [0, 0.1) is 0 Å². The van der Waals surface area contributed by atoms with E-state index in [0.717, 1.165) is 5.35 Å². The molecule has 0 unspecified atom stereocenters. The predicted octanol–water partition coefficient (Wildman–Crippen LogP) is 1.28. The molecule has 0 aliphatic heterocycles. The minimum atomic E-state index is 0.167. The quantitative estimate of drug-likeness (QED) is 0.618. The topological polar surface area (TPSA) is 30.0 Å². The number of hydrogen-bond acceptors (Lipinski definition) is 2. The zero-order chi connectivity index (χ0) is 11.0.